The van der Waals surface area contributed by atoms with Crippen molar-refractivity contribution < 1.29 is 14.3 Å². The molecule has 0 aliphatic carbocycles. The average molecular weight is 338 g/mol. The largest absolute Gasteiger partial charge is 0.383 e. The molecular weight excluding hydrogens is 320 g/mol. The molecule has 1 aromatic carbocycles. The van der Waals surface area contributed by atoms with Gasteiger partial charge in [0.05, 0.1) is 24.1 Å². The van der Waals surface area contributed by atoms with Crippen molar-refractivity contribution in [2.45, 2.75) is 0 Å². The van der Waals surface area contributed by atoms with Crippen molar-refractivity contribution in [2.75, 3.05) is 25.6 Å². The van der Waals surface area contributed by atoms with Gasteiger partial charge in [0.1, 0.15) is 5.65 Å². The number of hydrogen-bond donors (Lipinski definition) is 3. The Bertz CT molecular complexity index is 890. The van der Waals surface area contributed by atoms with Crippen molar-refractivity contribution in [3.8, 4) is 0 Å². The van der Waals surface area contributed by atoms with Gasteiger partial charge in [0, 0.05) is 30.8 Å². The Morgan fingerprint density at radius 1 is 1.20 bits per heavy atom. The van der Waals surface area contributed by atoms with Crippen LogP contribution >= 0.6 is 0 Å². The number of carbonyl (C=O) groups excluding carboxylic acids is 2. The van der Waals surface area contributed by atoms with Crippen LogP contribution in [0.15, 0.2) is 48.8 Å². The number of benzene rings is 1. The number of aromatic amines is 1. The number of carbonyl (C=O) groups is 2. The maximum atomic E-state index is 12.2. The summed E-state index contributed by atoms with van der Waals surface area (Å²) in [6, 6.07) is 10.6. The molecule has 2 heterocycles. The normalized spacial score (nSPS) is 10.6. The highest BCUT2D eigenvalue weighted by Crippen LogP contribution is 2.20. The Balaban J connectivity index is 1.80. The molecule has 25 heavy (non-hydrogen) atoms. The zero-order valence-electron chi connectivity index (χ0n) is 13.7. The molecule has 0 radical (unpaired) electrons. The van der Waals surface area contributed by atoms with Crippen LogP contribution in [0.2, 0.25) is 0 Å². The van der Waals surface area contributed by atoms with E-state index < -0.39 is 0 Å². The maximum absolute atomic E-state index is 12.2. The number of amides is 2. The van der Waals surface area contributed by atoms with E-state index >= 15 is 0 Å². The van der Waals surface area contributed by atoms with Crippen LogP contribution in [0, 0.1) is 0 Å². The quantitative estimate of drug-likeness (QED) is 0.600. The van der Waals surface area contributed by atoms with Crippen LogP contribution in [0.4, 0.5) is 5.69 Å². The van der Waals surface area contributed by atoms with Crippen molar-refractivity contribution in [3.63, 3.8) is 0 Å². The number of fused-ring (bicyclic) bond motifs is 1. The van der Waals surface area contributed by atoms with Crippen LogP contribution < -0.4 is 10.6 Å². The van der Waals surface area contributed by atoms with E-state index in [9.17, 15) is 9.59 Å². The molecule has 0 fully saturated rings. The van der Waals surface area contributed by atoms with E-state index in [2.05, 4.69) is 20.6 Å². The van der Waals surface area contributed by atoms with Crippen LogP contribution in [0.5, 0.6) is 0 Å². The third kappa shape index (κ3) is 3.84. The fourth-order valence-electron chi connectivity index (χ4n) is 2.41. The molecule has 0 atom stereocenters. The lowest BCUT2D eigenvalue weighted by atomic mass is 10.2. The summed E-state index contributed by atoms with van der Waals surface area (Å²) in [5.74, 6) is -0.458. The number of rotatable bonds is 6. The molecule has 3 rings (SSSR count). The molecule has 3 N–H and O–H groups in total. The highest BCUT2D eigenvalue weighted by molar-refractivity contribution is 6.08. The summed E-state index contributed by atoms with van der Waals surface area (Å²) in [5, 5.41) is 6.20. The third-order valence-electron chi connectivity index (χ3n) is 3.66. The van der Waals surface area contributed by atoms with Gasteiger partial charge in [-0.3, -0.25) is 9.59 Å². The van der Waals surface area contributed by atoms with E-state index in [1.165, 1.54) is 0 Å². The standard InChI is InChI=1S/C18H18N4O3/c1-25-8-7-19-18(24)15-11-21-16-14(15)9-13(10-20-16)22-17(23)12-5-3-2-4-6-12/h2-6,9-11H,7-8H2,1H3,(H,19,24)(H,20,21)(H,22,23). The molecule has 0 unspecified atom stereocenters. The number of hydrogen-bond acceptors (Lipinski definition) is 4. The van der Waals surface area contributed by atoms with E-state index in [1.54, 1.807) is 49.8 Å². The van der Waals surface area contributed by atoms with Crippen molar-refractivity contribution in [1.82, 2.24) is 15.3 Å². The lowest BCUT2D eigenvalue weighted by Crippen LogP contribution is -2.26. The monoisotopic (exact) mass is 338 g/mol. The summed E-state index contributed by atoms with van der Waals surface area (Å²) in [5.41, 5.74) is 2.12. The first-order valence-electron chi connectivity index (χ1n) is 7.79. The molecule has 0 bridgehead atoms. The first kappa shape index (κ1) is 16.7. The number of nitrogens with zero attached hydrogens (tertiary/aromatic N) is 1. The molecule has 2 aromatic heterocycles. The van der Waals surface area contributed by atoms with E-state index in [1.807, 2.05) is 6.07 Å². The van der Waals surface area contributed by atoms with Crippen LogP contribution in [-0.2, 0) is 4.74 Å². The minimum atomic E-state index is -0.233. The number of anilines is 1. The highest BCUT2D eigenvalue weighted by Gasteiger charge is 2.14. The predicted molar refractivity (Wildman–Crippen MR) is 94.7 cm³/mol. The molecule has 0 aliphatic rings. The summed E-state index contributed by atoms with van der Waals surface area (Å²) in [6.07, 6.45) is 3.15. The summed E-state index contributed by atoms with van der Waals surface area (Å²) in [4.78, 5) is 31.7. The molecule has 0 saturated carbocycles. The number of methoxy groups -OCH3 is 1. The fourth-order valence-corrected chi connectivity index (χ4v) is 2.41. The SMILES string of the molecule is COCCNC(=O)c1c[nH]c2ncc(NC(=O)c3ccccc3)cc12. The highest BCUT2D eigenvalue weighted by atomic mass is 16.5. The Kier molecular flexibility index (Phi) is 5.06. The van der Waals surface area contributed by atoms with Gasteiger partial charge in [-0.05, 0) is 18.2 Å². The Labute approximate surface area is 144 Å². The zero-order valence-corrected chi connectivity index (χ0v) is 13.7. The number of ether oxygens (including phenoxy) is 1. The van der Waals surface area contributed by atoms with Gasteiger partial charge in [-0.25, -0.2) is 4.98 Å². The molecule has 0 saturated heterocycles. The average Bonchev–Trinajstić information content (AvgIpc) is 3.06. The topological polar surface area (TPSA) is 96.1 Å². The molecule has 7 heteroatoms. The van der Waals surface area contributed by atoms with E-state index in [0.717, 1.165) is 0 Å². The molecule has 0 aliphatic heterocycles. The van der Waals surface area contributed by atoms with Gasteiger partial charge >= 0.3 is 0 Å². The van der Waals surface area contributed by atoms with Crippen LogP contribution in [0.1, 0.15) is 20.7 Å². The fraction of sp³-hybridized carbons (Fsp3) is 0.167. The first-order chi connectivity index (χ1) is 12.2. The van der Waals surface area contributed by atoms with Crippen molar-refractivity contribution in [1.29, 1.82) is 0 Å². The molecule has 128 valence electrons. The van der Waals surface area contributed by atoms with Crippen LogP contribution in [-0.4, -0.2) is 42.0 Å². The smallest absolute Gasteiger partial charge is 0.255 e. The second-order valence-corrected chi connectivity index (χ2v) is 5.39. The lowest BCUT2D eigenvalue weighted by Gasteiger charge is -2.06. The minimum absolute atomic E-state index is 0.225. The summed E-state index contributed by atoms with van der Waals surface area (Å²) < 4.78 is 4.92. The first-order valence-corrected chi connectivity index (χ1v) is 7.79. The van der Waals surface area contributed by atoms with Crippen molar-refractivity contribution in [2.24, 2.45) is 0 Å². The number of H-pyrrole nitrogens is 1. The summed E-state index contributed by atoms with van der Waals surface area (Å²) in [6.45, 7) is 0.852. The Morgan fingerprint density at radius 3 is 2.76 bits per heavy atom. The van der Waals surface area contributed by atoms with Gasteiger partial charge in [0.25, 0.3) is 11.8 Å². The van der Waals surface area contributed by atoms with Gasteiger partial charge in [-0.15, -0.1) is 0 Å². The van der Waals surface area contributed by atoms with Gasteiger partial charge < -0.3 is 20.4 Å². The Hall–Kier alpha value is -3.19. The molecular formula is C18H18N4O3. The summed E-state index contributed by atoms with van der Waals surface area (Å²) in [7, 11) is 1.57. The van der Waals surface area contributed by atoms with E-state index in [4.69, 9.17) is 4.74 Å². The minimum Gasteiger partial charge on any atom is -0.383 e. The van der Waals surface area contributed by atoms with Gasteiger partial charge in [-0.1, -0.05) is 18.2 Å². The van der Waals surface area contributed by atoms with Crippen molar-refractivity contribution >= 4 is 28.5 Å². The number of aromatic nitrogens is 2. The zero-order chi connectivity index (χ0) is 17.6. The van der Waals surface area contributed by atoms with Crippen LogP contribution in [0.25, 0.3) is 11.0 Å². The molecule has 3 aromatic rings. The number of pyridine rings is 1. The van der Waals surface area contributed by atoms with Crippen LogP contribution in [0.3, 0.4) is 0 Å². The van der Waals surface area contributed by atoms with Gasteiger partial charge in [-0.2, -0.15) is 0 Å². The second-order valence-electron chi connectivity index (χ2n) is 5.39. The second kappa shape index (κ2) is 7.59. The van der Waals surface area contributed by atoms with Crippen molar-refractivity contribution in [3.05, 3.63) is 59.9 Å². The maximum Gasteiger partial charge on any atom is 0.255 e. The van der Waals surface area contributed by atoms with Gasteiger partial charge in [0.15, 0.2) is 0 Å². The van der Waals surface area contributed by atoms with Gasteiger partial charge in [0.2, 0.25) is 0 Å². The van der Waals surface area contributed by atoms with E-state index in [0.29, 0.717) is 41.0 Å². The summed E-state index contributed by atoms with van der Waals surface area (Å²) >= 11 is 0. The Morgan fingerprint density at radius 2 is 2.00 bits per heavy atom. The van der Waals surface area contributed by atoms with E-state index in [-0.39, 0.29) is 11.8 Å². The predicted octanol–water partition coefficient (Wildman–Crippen LogP) is 2.19. The number of nitrogens with one attached hydrogen (secondary N) is 3. The lowest BCUT2D eigenvalue weighted by molar-refractivity contribution is 0.0938. The molecule has 2 amide bonds. The third-order valence-corrected chi connectivity index (χ3v) is 3.66. The molecule has 0 spiro atoms. The molecule has 7 nitrogen and oxygen atoms in total.